The van der Waals surface area contributed by atoms with Gasteiger partial charge in [-0.2, -0.15) is 4.72 Å². The van der Waals surface area contributed by atoms with Gasteiger partial charge in [-0.3, -0.25) is 4.79 Å². The third-order valence-corrected chi connectivity index (χ3v) is 6.29. The fourth-order valence-corrected chi connectivity index (χ4v) is 4.64. The molecular weight excluding hydrogens is 396 g/mol. The summed E-state index contributed by atoms with van der Waals surface area (Å²) in [6, 6.07) is 10.5. The minimum absolute atomic E-state index is 0.0144. The lowest BCUT2D eigenvalue weighted by Crippen LogP contribution is -2.42. The van der Waals surface area contributed by atoms with Gasteiger partial charge in [0.1, 0.15) is 19.3 Å². The monoisotopic (exact) mass is 416 g/mol. The number of sulfonamides is 1. The van der Waals surface area contributed by atoms with Gasteiger partial charge in [0, 0.05) is 36.6 Å². The van der Waals surface area contributed by atoms with E-state index in [1.165, 1.54) is 18.2 Å². The highest BCUT2D eigenvalue weighted by Crippen LogP contribution is 2.32. The molecule has 4 rings (SSSR count). The largest absolute Gasteiger partial charge is 0.486 e. The summed E-state index contributed by atoms with van der Waals surface area (Å²) in [6.45, 7) is 0.715. The van der Waals surface area contributed by atoms with Crippen LogP contribution < -0.4 is 14.2 Å². The number of carboxylic acids is 1. The van der Waals surface area contributed by atoms with E-state index < -0.39 is 22.0 Å². The van der Waals surface area contributed by atoms with Gasteiger partial charge in [-0.05, 0) is 23.8 Å². The van der Waals surface area contributed by atoms with Crippen molar-refractivity contribution in [2.75, 3.05) is 13.2 Å². The molecule has 0 spiro atoms. The molecule has 2 heterocycles. The Morgan fingerprint density at radius 2 is 1.90 bits per heavy atom. The first-order valence-corrected chi connectivity index (χ1v) is 10.5. The van der Waals surface area contributed by atoms with Crippen molar-refractivity contribution in [1.82, 2.24) is 9.29 Å². The quantitative estimate of drug-likeness (QED) is 0.636. The molecule has 1 aliphatic rings. The zero-order chi connectivity index (χ0) is 20.6. The van der Waals surface area contributed by atoms with Crippen molar-refractivity contribution in [1.29, 1.82) is 0 Å². The minimum Gasteiger partial charge on any atom is -0.486 e. The number of carbonyl (C=O) groups is 1. The van der Waals surface area contributed by atoms with Gasteiger partial charge in [-0.1, -0.05) is 18.2 Å². The number of aliphatic carboxylic acids is 1. The van der Waals surface area contributed by atoms with E-state index in [0.29, 0.717) is 24.7 Å². The minimum atomic E-state index is -4.08. The Labute approximate surface area is 167 Å². The van der Waals surface area contributed by atoms with Crippen LogP contribution in [0.3, 0.4) is 0 Å². The van der Waals surface area contributed by atoms with E-state index in [-0.39, 0.29) is 11.3 Å². The average Bonchev–Trinajstić information content (AvgIpc) is 3.02. The number of nitrogens with one attached hydrogen (secondary N) is 1. The first kappa shape index (κ1) is 19.3. The van der Waals surface area contributed by atoms with Gasteiger partial charge in [0.15, 0.2) is 11.5 Å². The van der Waals surface area contributed by atoms with E-state index in [1.54, 1.807) is 0 Å². The molecular formula is C20H20N2O6S. The van der Waals surface area contributed by atoms with Crippen LogP contribution in [0.25, 0.3) is 10.9 Å². The molecule has 152 valence electrons. The molecule has 1 aliphatic heterocycles. The Bertz CT molecular complexity index is 1180. The molecule has 0 fully saturated rings. The Kier molecular flexibility index (Phi) is 4.93. The SMILES string of the molecule is Cn1cc(CC(NS(=O)(=O)c2ccc3c(c2)OCCO3)C(=O)O)c2ccccc21. The highest BCUT2D eigenvalue weighted by Gasteiger charge is 2.28. The van der Waals surface area contributed by atoms with E-state index in [9.17, 15) is 18.3 Å². The van der Waals surface area contributed by atoms with Crippen LogP contribution in [0.5, 0.6) is 11.5 Å². The molecule has 0 radical (unpaired) electrons. The number of carboxylic acid groups (broad SMARTS) is 1. The molecule has 0 saturated heterocycles. The lowest BCUT2D eigenvalue weighted by Gasteiger charge is -2.19. The summed E-state index contributed by atoms with van der Waals surface area (Å²) < 4.78 is 40.6. The Morgan fingerprint density at radius 3 is 2.66 bits per heavy atom. The van der Waals surface area contributed by atoms with Crippen LogP contribution in [0.4, 0.5) is 0 Å². The molecule has 0 amide bonds. The first-order valence-electron chi connectivity index (χ1n) is 9.03. The summed E-state index contributed by atoms with van der Waals surface area (Å²) in [6.07, 6.45) is 1.83. The number of benzene rings is 2. The van der Waals surface area contributed by atoms with E-state index in [4.69, 9.17) is 9.47 Å². The number of rotatable bonds is 6. The molecule has 1 atom stereocenters. The lowest BCUT2D eigenvalue weighted by atomic mass is 10.1. The molecule has 3 aromatic rings. The fourth-order valence-electron chi connectivity index (χ4n) is 3.43. The standard InChI is InChI=1S/C20H20N2O6S/c1-22-12-13(15-4-2-3-5-17(15)22)10-16(20(23)24)21-29(25,26)14-6-7-18-19(11-14)28-9-8-27-18/h2-7,11-12,16,21H,8-10H2,1H3,(H,23,24). The van der Waals surface area contributed by atoms with Gasteiger partial charge in [0.2, 0.25) is 10.0 Å². The maximum Gasteiger partial charge on any atom is 0.322 e. The van der Waals surface area contributed by atoms with Crippen LogP contribution in [0.2, 0.25) is 0 Å². The van der Waals surface area contributed by atoms with E-state index in [1.807, 2.05) is 42.1 Å². The van der Waals surface area contributed by atoms with Gasteiger partial charge < -0.3 is 19.1 Å². The second-order valence-electron chi connectivity index (χ2n) is 6.80. The zero-order valence-electron chi connectivity index (χ0n) is 15.7. The molecule has 0 saturated carbocycles. The van der Waals surface area contributed by atoms with Crippen molar-refractivity contribution >= 4 is 26.9 Å². The van der Waals surface area contributed by atoms with Crippen molar-refractivity contribution in [2.45, 2.75) is 17.4 Å². The molecule has 9 heteroatoms. The van der Waals surface area contributed by atoms with Crippen molar-refractivity contribution in [2.24, 2.45) is 7.05 Å². The Balaban J connectivity index is 1.61. The number of fused-ring (bicyclic) bond motifs is 2. The third kappa shape index (κ3) is 3.79. The van der Waals surface area contributed by atoms with Gasteiger partial charge in [-0.15, -0.1) is 0 Å². The summed E-state index contributed by atoms with van der Waals surface area (Å²) in [7, 11) is -2.22. The molecule has 1 aromatic heterocycles. The molecule has 0 bridgehead atoms. The molecule has 8 nitrogen and oxygen atoms in total. The maximum absolute atomic E-state index is 12.8. The Hall–Kier alpha value is -3.04. The number of hydrogen-bond acceptors (Lipinski definition) is 5. The van der Waals surface area contributed by atoms with E-state index in [0.717, 1.165) is 16.5 Å². The molecule has 2 N–H and O–H groups in total. The first-order chi connectivity index (χ1) is 13.8. The van der Waals surface area contributed by atoms with Gasteiger partial charge in [0.05, 0.1) is 4.90 Å². The predicted molar refractivity (Wildman–Crippen MR) is 106 cm³/mol. The van der Waals surface area contributed by atoms with Crippen molar-refractivity contribution in [3.8, 4) is 11.5 Å². The van der Waals surface area contributed by atoms with Crippen LogP contribution >= 0.6 is 0 Å². The normalized spacial score (nSPS) is 14.7. The molecule has 2 aromatic carbocycles. The number of ether oxygens (including phenoxy) is 2. The second-order valence-corrected chi connectivity index (χ2v) is 8.52. The highest BCUT2D eigenvalue weighted by molar-refractivity contribution is 7.89. The topological polar surface area (TPSA) is 107 Å². The maximum atomic E-state index is 12.8. The van der Waals surface area contributed by atoms with Gasteiger partial charge in [0.25, 0.3) is 0 Å². The fraction of sp³-hybridized carbons (Fsp3) is 0.250. The summed E-state index contributed by atoms with van der Waals surface area (Å²) in [5, 5.41) is 10.5. The van der Waals surface area contributed by atoms with E-state index >= 15 is 0 Å². The smallest absolute Gasteiger partial charge is 0.322 e. The number of hydrogen-bond donors (Lipinski definition) is 2. The predicted octanol–water partition coefficient (Wildman–Crippen LogP) is 1.92. The van der Waals surface area contributed by atoms with Crippen LogP contribution in [0.1, 0.15) is 5.56 Å². The summed E-state index contributed by atoms with van der Waals surface area (Å²) in [5.41, 5.74) is 1.70. The number of para-hydroxylation sites is 1. The molecule has 0 aliphatic carbocycles. The van der Waals surface area contributed by atoms with Crippen LogP contribution in [-0.2, 0) is 28.3 Å². The van der Waals surface area contributed by atoms with Crippen molar-refractivity contribution in [3.63, 3.8) is 0 Å². The van der Waals surface area contributed by atoms with Crippen LogP contribution in [0, 0.1) is 0 Å². The Morgan fingerprint density at radius 1 is 1.17 bits per heavy atom. The summed E-state index contributed by atoms with van der Waals surface area (Å²) in [5.74, 6) is -0.472. The second kappa shape index (κ2) is 7.41. The highest BCUT2D eigenvalue weighted by atomic mass is 32.2. The van der Waals surface area contributed by atoms with Crippen LogP contribution in [-0.4, -0.2) is 43.3 Å². The summed E-state index contributed by atoms with van der Waals surface area (Å²) in [4.78, 5) is 11.7. The van der Waals surface area contributed by atoms with Crippen molar-refractivity contribution in [3.05, 3.63) is 54.2 Å². The third-order valence-electron chi connectivity index (χ3n) is 4.82. The van der Waals surface area contributed by atoms with Gasteiger partial charge >= 0.3 is 5.97 Å². The number of aromatic nitrogens is 1. The number of aryl methyl sites for hydroxylation is 1. The van der Waals surface area contributed by atoms with Crippen LogP contribution in [0.15, 0.2) is 53.6 Å². The molecule has 1 unspecified atom stereocenters. The van der Waals surface area contributed by atoms with Gasteiger partial charge in [-0.25, -0.2) is 8.42 Å². The average molecular weight is 416 g/mol. The van der Waals surface area contributed by atoms with Crippen molar-refractivity contribution < 1.29 is 27.8 Å². The zero-order valence-corrected chi connectivity index (χ0v) is 16.5. The summed E-state index contributed by atoms with van der Waals surface area (Å²) >= 11 is 0. The molecule has 29 heavy (non-hydrogen) atoms. The van der Waals surface area contributed by atoms with E-state index in [2.05, 4.69) is 4.72 Å². The number of nitrogens with zero attached hydrogens (tertiary/aromatic N) is 1. The lowest BCUT2D eigenvalue weighted by molar-refractivity contribution is -0.138.